The molecule has 0 amide bonds. The molecule has 0 bridgehead atoms. The molecule has 1 heteroatoms. The molecule has 1 nitrogen and oxygen atoms in total. The summed E-state index contributed by atoms with van der Waals surface area (Å²) in [7, 11) is 0. The SMILES string of the molecule is CC1=C(/C(=C\CC2CCC(C)(C)CC2)C(C)(C)C)CC(C=O)=C1. The molecule has 0 aromatic heterocycles. The van der Waals surface area contributed by atoms with Crippen LogP contribution in [0.3, 0.4) is 0 Å². The van der Waals surface area contributed by atoms with Crippen molar-refractivity contribution < 1.29 is 4.79 Å². The molecule has 0 atom stereocenters. The first kappa shape index (κ1) is 18.2. The first-order chi connectivity index (χ1) is 10.6. The molecule has 0 aliphatic heterocycles. The molecule has 0 saturated heterocycles. The molecule has 1 fully saturated rings. The van der Waals surface area contributed by atoms with E-state index < -0.39 is 0 Å². The van der Waals surface area contributed by atoms with Crippen molar-refractivity contribution in [1.82, 2.24) is 0 Å². The van der Waals surface area contributed by atoms with Crippen LogP contribution >= 0.6 is 0 Å². The molecule has 1 saturated carbocycles. The van der Waals surface area contributed by atoms with Crippen molar-refractivity contribution in [2.75, 3.05) is 0 Å². The fourth-order valence-electron chi connectivity index (χ4n) is 4.00. The number of aldehydes is 1. The molecule has 0 unspecified atom stereocenters. The largest absolute Gasteiger partial charge is 0.298 e. The molecule has 23 heavy (non-hydrogen) atoms. The Bertz CT molecular complexity index is 539. The lowest BCUT2D eigenvalue weighted by Gasteiger charge is -2.34. The third-order valence-electron chi connectivity index (χ3n) is 5.66. The second-order valence-electron chi connectivity index (χ2n) is 9.39. The van der Waals surface area contributed by atoms with Crippen LogP contribution in [0.2, 0.25) is 0 Å². The maximum absolute atomic E-state index is 11.1. The van der Waals surface area contributed by atoms with E-state index in [1.54, 1.807) is 0 Å². The van der Waals surface area contributed by atoms with Crippen LogP contribution in [-0.4, -0.2) is 6.29 Å². The highest BCUT2D eigenvalue weighted by molar-refractivity contribution is 5.78. The smallest absolute Gasteiger partial charge is 0.146 e. The predicted molar refractivity (Wildman–Crippen MR) is 99.4 cm³/mol. The van der Waals surface area contributed by atoms with E-state index in [4.69, 9.17) is 0 Å². The van der Waals surface area contributed by atoms with Gasteiger partial charge in [0, 0.05) is 6.42 Å². The van der Waals surface area contributed by atoms with Gasteiger partial charge in [0.05, 0.1) is 0 Å². The quantitative estimate of drug-likeness (QED) is 0.548. The average molecular weight is 315 g/mol. The summed E-state index contributed by atoms with van der Waals surface area (Å²) in [4.78, 5) is 11.1. The molecule has 0 heterocycles. The van der Waals surface area contributed by atoms with Gasteiger partial charge in [-0.1, -0.05) is 46.8 Å². The van der Waals surface area contributed by atoms with Gasteiger partial charge in [-0.05, 0) is 78.1 Å². The molecule has 0 N–H and O–H groups in total. The van der Waals surface area contributed by atoms with Gasteiger partial charge in [-0.25, -0.2) is 0 Å². The van der Waals surface area contributed by atoms with Crippen molar-refractivity contribution in [3.63, 3.8) is 0 Å². The van der Waals surface area contributed by atoms with Gasteiger partial charge in [-0.15, -0.1) is 0 Å². The van der Waals surface area contributed by atoms with Crippen molar-refractivity contribution in [2.45, 2.75) is 80.1 Å². The number of carbonyl (C=O) groups is 1. The van der Waals surface area contributed by atoms with Gasteiger partial charge in [0.25, 0.3) is 0 Å². The molecular formula is C22H34O. The van der Waals surface area contributed by atoms with Crippen LogP contribution < -0.4 is 0 Å². The highest BCUT2D eigenvalue weighted by Crippen LogP contribution is 2.42. The van der Waals surface area contributed by atoms with Crippen molar-refractivity contribution in [1.29, 1.82) is 0 Å². The number of hydrogen-bond acceptors (Lipinski definition) is 1. The van der Waals surface area contributed by atoms with Crippen LogP contribution in [0.1, 0.15) is 80.1 Å². The van der Waals surface area contributed by atoms with Crippen molar-refractivity contribution >= 4 is 6.29 Å². The molecule has 0 aromatic carbocycles. The predicted octanol–water partition coefficient (Wildman–Crippen LogP) is 6.41. The summed E-state index contributed by atoms with van der Waals surface area (Å²) in [6.45, 7) is 13.8. The first-order valence-corrected chi connectivity index (χ1v) is 9.19. The number of allylic oxidation sites excluding steroid dienone is 6. The molecular weight excluding hydrogens is 280 g/mol. The summed E-state index contributed by atoms with van der Waals surface area (Å²) < 4.78 is 0. The van der Waals surface area contributed by atoms with E-state index in [1.165, 1.54) is 48.8 Å². The minimum Gasteiger partial charge on any atom is -0.298 e. The lowest BCUT2D eigenvalue weighted by atomic mass is 9.71. The molecule has 2 aliphatic rings. The minimum atomic E-state index is 0.136. The first-order valence-electron chi connectivity index (χ1n) is 9.19. The van der Waals surface area contributed by atoms with Crippen LogP contribution in [0.25, 0.3) is 0 Å². The summed E-state index contributed by atoms with van der Waals surface area (Å²) >= 11 is 0. The van der Waals surface area contributed by atoms with Crippen molar-refractivity contribution in [3.05, 3.63) is 34.4 Å². The number of carbonyl (C=O) groups excluding carboxylic acids is 1. The fraction of sp³-hybridized carbons (Fsp3) is 0.682. The van der Waals surface area contributed by atoms with Crippen LogP contribution in [0.4, 0.5) is 0 Å². The molecule has 2 aliphatic carbocycles. The lowest BCUT2D eigenvalue weighted by Crippen LogP contribution is -2.21. The molecule has 0 radical (unpaired) electrons. The van der Waals surface area contributed by atoms with E-state index in [9.17, 15) is 4.79 Å². The number of rotatable bonds is 4. The van der Waals surface area contributed by atoms with E-state index in [-0.39, 0.29) is 5.41 Å². The average Bonchev–Trinajstić information content (AvgIpc) is 2.80. The van der Waals surface area contributed by atoms with Gasteiger partial charge >= 0.3 is 0 Å². The molecule has 0 aromatic rings. The summed E-state index contributed by atoms with van der Waals surface area (Å²) in [6.07, 6.45) is 13.0. The van der Waals surface area contributed by atoms with Crippen LogP contribution in [0.5, 0.6) is 0 Å². The zero-order valence-corrected chi connectivity index (χ0v) is 16.0. The molecule has 2 rings (SSSR count). The van der Waals surface area contributed by atoms with E-state index in [0.29, 0.717) is 5.41 Å². The van der Waals surface area contributed by atoms with E-state index in [2.05, 4.69) is 53.7 Å². The fourth-order valence-corrected chi connectivity index (χ4v) is 4.00. The van der Waals surface area contributed by atoms with E-state index in [1.807, 2.05) is 0 Å². The van der Waals surface area contributed by atoms with E-state index >= 15 is 0 Å². The van der Waals surface area contributed by atoms with Crippen molar-refractivity contribution in [2.24, 2.45) is 16.7 Å². The van der Waals surface area contributed by atoms with Gasteiger partial charge in [-0.2, -0.15) is 0 Å². The van der Waals surface area contributed by atoms with Gasteiger partial charge in [0.15, 0.2) is 0 Å². The van der Waals surface area contributed by atoms with E-state index in [0.717, 1.165) is 24.2 Å². The highest BCUT2D eigenvalue weighted by Gasteiger charge is 2.28. The lowest BCUT2D eigenvalue weighted by molar-refractivity contribution is -0.104. The van der Waals surface area contributed by atoms with Crippen LogP contribution in [0, 0.1) is 16.7 Å². The molecule has 0 spiro atoms. The second kappa shape index (κ2) is 6.79. The zero-order valence-electron chi connectivity index (χ0n) is 16.0. The Labute approximate surface area is 142 Å². The van der Waals surface area contributed by atoms with Crippen molar-refractivity contribution in [3.8, 4) is 0 Å². The Kier molecular flexibility index (Phi) is 5.38. The van der Waals surface area contributed by atoms with Gasteiger partial charge in [0.1, 0.15) is 6.29 Å². The summed E-state index contributed by atoms with van der Waals surface area (Å²) in [6, 6.07) is 0. The normalized spacial score (nSPS) is 23.2. The van der Waals surface area contributed by atoms with Gasteiger partial charge < -0.3 is 0 Å². The second-order valence-corrected chi connectivity index (χ2v) is 9.39. The minimum absolute atomic E-state index is 0.136. The zero-order chi connectivity index (χ0) is 17.3. The van der Waals surface area contributed by atoms with Crippen LogP contribution in [0.15, 0.2) is 34.4 Å². The molecule has 128 valence electrons. The third-order valence-corrected chi connectivity index (χ3v) is 5.66. The Balaban J connectivity index is 2.12. The Morgan fingerprint density at radius 2 is 1.87 bits per heavy atom. The number of hydrogen-bond donors (Lipinski definition) is 0. The Morgan fingerprint density at radius 3 is 2.35 bits per heavy atom. The highest BCUT2D eigenvalue weighted by atomic mass is 16.1. The monoisotopic (exact) mass is 314 g/mol. The van der Waals surface area contributed by atoms with Gasteiger partial charge in [0.2, 0.25) is 0 Å². The standard InChI is InChI=1S/C22H34O/c1-16-13-18(15-23)14-19(16)20(21(2,3)4)8-7-17-9-11-22(5,6)12-10-17/h8,13,15,17H,7,9-12,14H2,1-6H3/b20-8+. The summed E-state index contributed by atoms with van der Waals surface area (Å²) in [5.41, 5.74) is 5.71. The maximum atomic E-state index is 11.1. The third kappa shape index (κ3) is 4.68. The summed E-state index contributed by atoms with van der Waals surface area (Å²) in [5.74, 6) is 0.834. The van der Waals surface area contributed by atoms with Gasteiger partial charge in [-0.3, -0.25) is 4.79 Å². The Hall–Kier alpha value is -1.11. The maximum Gasteiger partial charge on any atom is 0.146 e. The Morgan fingerprint density at radius 1 is 1.26 bits per heavy atom. The van der Waals surface area contributed by atoms with Crippen LogP contribution in [-0.2, 0) is 4.79 Å². The summed E-state index contributed by atoms with van der Waals surface area (Å²) in [5, 5.41) is 0. The topological polar surface area (TPSA) is 17.1 Å².